The van der Waals surface area contributed by atoms with Gasteiger partial charge in [-0.15, -0.1) is 0 Å². The number of hydrogen-bond acceptors (Lipinski definition) is 7. The average Bonchev–Trinajstić information content (AvgIpc) is 3.04. The molecule has 0 spiro atoms. The minimum Gasteiger partial charge on any atom is -0.379 e. The van der Waals surface area contributed by atoms with Crippen LogP contribution >= 0.6 is 0 Å². The molecule has 0 bridgehead atoms. The summed E-state index contributed by atoms with van der Waals surface area (Å²) in [6.45, 7) is 7.40. The third kappa shape index (κ3) is 3.10. The van der Waals surface area contributed by atoms with Crippen molar-refractivity contribution in [3.63, 3.8) is 0 Å². The number of nitrogens with one attached hydrogen (secondary N) is 3. The fraction of sp³-hybridized carbons (Fsp3) is 0.455. The second-order valence-corrected chi connectivity index (χ2v) is 8.39. The number of nitrogens with two attached hydrogens (primary N) is 1. The number of aryl methyl sites for hydroxylation is 1. The molecule has 7 nitrogen and oxygen atoms in total. The lowest BCUT2D eigenvalue weighted by atomic mass is 10.0. The smallest absolute Gasteiger partial charge is 0.150 e. The van der Waals surface area contributed by atoms with Crippen LogP contribution in [-0.2, 0) is 0 Å². The van der Waals surface area contributed by atoms with Gasteiger partial charge in [-0.05, 0) is 25.5 Å². The van der Waals surface area contributed by atoms with Crippen molar-refractivity contribution in [1.29, 1.82) is 0 Å². The van der Waals surface area contributed by atoms with E-state index in [1.807, 2.05) is 0 Å². The first-order valence-electron chi connectivity index (χ1n) is 10.6. The molecule has 3 aliphatic heterocycles. The molecule has 2 saturated heterocycles. The van der Waals surface area contributed by atoms with Crippen LogP contribution in [0.25, 0.3) is 0 Å². The number of fused-ring (bicyclic) bond motifs is 2. The van der Waals surface area contributed by atoms with E-state index in [1.165, 1.54) is 17.1 Å². The Hall–Kier alpha value is -2.48. The number of para-hydroxylation sites is 1. The first-order chi connectivity index (χ1) is 14.2. The lowest BCUT2D eigenvalue weighted by Crippen LogP contribution is -2.61. The molecule has 1 aromatic rings. The van der Waals surface area contributed by atoms with Gasteiger partial charge in [0.1, 0.15) is 5.82 Å². The van der Waals surface area contributed by atoms with Gasteiger partial charge in [-0.3, -0.25) is 10.7 Å². The van der Waals surface area contributed by atoms with Gasteiger partial charge in [0.2, 0.25) is 0 Å². The Morgan fingerprint density at radius 3 is 2.69 bits per heavy atom. The Morgan fingerprint density at radius 1 is 1.10 bits per heavy atom. The Kier molecular flexibility index (Phi) is 4.73. The summed E-state index contributed by atoms with van der Waals surface area (Å²) in [5.41, 5.74) is 5.61. The summed E-state index contributed by atoms with van der Waals surface area (Å²) in [4.78, 5) is 7.42. The van der Waals surface area contributed by atoms with E-state index in [9.17, 15) is 0 Å². The van der Waals surface area contributed by atoms with Crippen LogP contribution < -0.4 is 26.8 Å². The van der Waals surface area contributed by atoms with E-state index in [4.69, 9.17) is 5.84 Å². The maximum atomic E-state index is 6.04. The normalized spacial score (nSPS) is 33.6. The molecule has 5 atom stereocenters. The van der Waals surface area contributed by atoms with Crippen LogP contribution in [0.4, 0.5) is 5.69 Å². The number of piperazine rings is 1. The number of nitrogens with zero attached hydrogens (tertiary/aromatic N) is 3. The Bertz CT molecular complexity index is 847. The van der Waals surface area contributed by atoms with Gasteiger partial charge >= 0.3 is 0 Å². The van der Waals surface area contributed by atoms with Crippen LogP contribution in [-0.4, -0.2) is 59.9 Å². The van der Waals surface area contributed by atoms with Crippen molar-refractivity contribution in [1.82, 2.24) is 25.9 Å². The molecule has 2 fully saturated rings. The summed E-state index contributed by atoms with van der Waals surface area (Å²) in [5, 5.41) is 7.25. The van der Waals surface area contributed by atoms with E-state index in [-0.39, 0.29) is 6.29 Å². The quantitative estimate of drug-likeness (QED) is 0.447. The van der Waals surface area contributed by atoms with Gasteiger partial charge in [-0.2, -0.15) is 0 Å². The number of benzene rings is 1. The zero-order valence-corrected chi connectivity index (χ0v) is 17.1. The van der Waals surface area contributed by atoms with Crippen LogP contribution in [0.3, 0.4) is 0 Å². The second-order valence-electron chi connectivity index (χ2n) is 8.39. The van der Waals surface area contributed by atoms with Gasteiger partial charge in [-0.25, -0.2) is 5.43 Å². The molecule has 7 heteroatoms. The number of anilines is 1. The van der Waals surface area contributed by atoms with Crippen LogP contribution in [0.5, 0.6) is 0 Å². The molecule has 3 heterocycles. The van der Waals surface area contributed by atoms with Gasteiger partial charge in [0, 0.05) is 37.6 Å². The number of rotatable bonds is 3. The summed E-state index contributed by atoms with van der Waals surface area (Å²) < 4.78 is 0. The summed E-state index contributed by atoms with van der Waals surface area (Å²) in [7, 11) is 0. The lowest BCUT2D eigenvalue weighted by molar-refractivity contribution is 0.0769. The van der Waals surface area contributed by atoms with E-state index < -0.39 is 0 Å². The van der Waals surface area contributed by atoms with Crippen molar-refractivity contribution < 1.29 is 0 Å². The molecule has 4 unspecified atom stereocenters. The highest BCUT2D eigenvalue weighted by molar-refractivity contribution is 5.56. The first-order valence-corrected chi connectivity index (χ1v) is 10.6. The molecule has 4 aliphatic rings. The van der Waals surface area contributed by atoms with Gasteiger partial charge in [-0.1, -0.05) is 42.5 Å². The standard InChI is InChI=1S/C22H31N7/c1-15-7-3-6-10-19(15)29-16(2)20-14-27(11-12-28(20)22(29)26-23)21-13-24-17-8-4-5-9-18(17)25-21/h3-10,13,16-18,20,22,24-26H,11-12,14,23H2,1-2H3/t16?,17?,18?,20-,22?/m0/s1. The molecular formula is C22H31N7. The number of hydrazine groups is 1. The number of hydrogen-bond donors (Lipinski definition) is 4. The molecule has 154 valence electrons. The van der Waals surface area contributed by atoms with Crippen LogP contribution in [0.15, 0.2) is 60.6 Å². The van der Waals surface area contributed by atoms with E-state index in [0.717, 1.165) is 19.6 Å². The fourth-order valence-corrected chi connectivity index (χ4v) is 5.20. The highest BCUT2D eigenvalue weighted by atomic mass is 15.6. The van der Waals surface area contributed by atoms with Crippen LogP contribution in [0, 0.1) is 6.92 Å². The molecule has 0 radical (unpaired) electrons. The predicted molar refractivity (Wildman–Crippen MR) is 117 cm³/mol. The summed E-state index contributed by atoms with van der Waals surface area (Å²) >= 11 is 0. The zero-order valence-electron chi connectivity index (χ0n) is 17.1. The molecule has 5 N–H and O–H groups in total. The SMILES string of the molecule is Cc1ccccc1N1C(C)[C@@H]2CN(C3=CNC4C=CC=CC4N3)CCN2C1NN. The van der Waals surface area contributed by atoms with Crippen molar-refractivity contribution in [3.8, 4) is 0 Å². The highest BCUT2D eigenvalue weighted by Crippen LogP contribution is 2.35. The second kappa shape index (κ2) is 7.40. The molecule has 1 aromatic carbocycles. The van der Waals surface area contributed by atoms with Gasteiger partial charge < -0.3 is 20.4 Å². The highest BCUT2D eigenvalue weighted by Gasteiger charge is 2.47. The third-order valence-electron chi connectivity index (χ3n) is 6.78. The van der Waals surface area contributed by atoms with Gasteiger partial charge in [0.25, 0.3) is 0 Å². The summed E-state index contributed by atoms with van der Waals surface area (Å²) in [5.74, 6) is 7.22. The van der Waals surface area contributed by atoms with Crippen LogP contribution in [0.2, 0.25) is 0 Å². The molecule has 5 rings (SSSR count). The van der Waals surface area contributed by atoms with E-state index in [2.05, 4.69) is 99.4 Å². The minimum atomic E-state index is 0.0143. The molecule has 0 aromatic heterocycles. The zero-order chi connectivity index (χ0) is 20.0. The third-order valence-corrected chi connectivity index (χ3v) is 6.78. The average molecular weight is 394 g/mol. The number of allylic oxidation sites excluding steroid dienone is 2. The summed E-state index contributed by atoms with van der Waals surface area (Å²) in [6, 6.07) is 9.95. The Labute approximate surface area is 172 Å². The molecule has 1 aliphatic carbocycles. The molecule has 29 heavy (non-hydrogen) atoms. The van der Waals surface area contributed by atoms with Crippen molar-refractivity contribution >= 4 is 5.69 Å². The van der Waals surface area contributed by atoms with E-state index in [1.54, 1.807) is 0 Å². The van der Waals surface area contributed by atoms with Gasteiger partial charge in [0.05, 0.1) is 18.1 Å². The monoisotopic (exact) mass is 393 g/mol. The van der Waals surface area contributed by atoms with E-state index >= 15 is 0 Å². The van der Waals surface area contributed by atoms with Crippen LogP contribution in [0.1, 0.15) is 12.5 Å². The minimum absolute atomic E-state index is 0.0143. The fourth-order valence-electron chi connectivity index (χ4n) is 5.20. The molecule has 0 amide bonds. The Balaban J connectivity index is 1.36. The van der Waals surface area contributed by atoms with E-state index in [0.29, 0.717) is 24.2 Å². The van der Waals surface area contributed by atoms with Crippen molar-refractivity contribution in [2.24, 2.45) is 5.84 Å². The van der Waals surface area contributed by atoms with Crippen molar-refractivity contribution in [2.45, 2.75) is 44.3 Å². The Morgan fingerprint density at radius 2 is 1.90 bits per heavy atom. The molecule has 0 saturated carbocycles. The maximum Gasteiger partial charge on any atom is 0.150 e. The lowest BCUT2D eigenvalue weighted by Gasteiger charge is -2.44. The summed E-state index contributed by atoms with van der Waals surface area (Å²) in [6.07, 6.45) is 10.8. The van der Waals surface area contributed by atoms with Gasteiger partial charge in [0.15, 0.2) is 6.29 Å². The predicted octanol–water partition coefficient (Wildman–Crippen LogP) is 0.792. The molecular weight excluding hydrogens is 362 g/mol. The largest absolute Gasteiger partial charge is 0.379 e. The maximum absolute atomic E-state index is 6.04. The first kappa shape index (κ1) is 18.5. The topological polar surface area (TPSA) is 71.8 Å². The van der Waals surface area contributed by atoms with Crippen molar-refractivity contribution in [3.05, 3.63) is 66.2 Å². The van der Waals surface area contributed by atoms with Crippen molar-refractivity contribution in [2.75, 3.05) is 24.5 Å².